The maximum Gasteiger partial charge on any atom is 0.180 e. The third kappa shape index (κ3) is 5.58. The zero-order valence-corrected chi connectivity index (χ0v) is 21.6. The standard InChI is InChI=1S/C29H23FN4.C3H8/c1-4-15-31-25(5-2)28-32-26-12-9-21(20-7-10-23(30)11-8-20)18-24(26)29(33-28)34-16-14-22-17-19(3)6-13-27(22)34;1-3-2/h5-13,15,17-18H,1-2,14,16H2,3H3;3H2,1-2H3. The van der Waals surface area contributed by atoms with Gasteiger partial charge in [-0.2, -0.15) is 0 Å². The van der Waals surface area contributed by atoms with Crippen molar-refractivity contribution in [3.63, 3.8) is 0 Å². The minimum atomic E-state index is -0.257. The number of hydrogen-bond acceptors (Lipinski definition) is 4. The van der Waals surface area contributed by atoms with Gasteiger partial charge in [-0.1, -0.05) is 69.3 Å². The number of aryl methyl sites for hydroxylation is 1. The molecule has 0 atom stereocenters. The summed E-state index contributed by atoms with van der Waals surface area (Å²) < 4.78 is 13.5. The van der Waals surface area contributed by atoms with Gasteiger partial charge in [-0.05, 0) is 66.4 Å². The molecule has 0 spiro atoms. The van der Waals surface area contributed by atoms with E-state index in [0.717, 1.165) is 46.5 Å². The highest BCUT2D eigenvalue weighted by molar-refractivity contribution is 6.08. The molecule has 3 aromatic carbocycles. The first-order valence-electron chi connectivity index (χ1n) is 12.5. The van der Waals surface area contributed by atoms with Gasteiger partial charge in [0, 0.05) is 17.6 Å². The van der Waals surface area contributed by atoms with Crippen LogP contribution < -0.4 is 4.90 Å². The number of rotatable bonds is 5. The molecule has 0 saturated heterocycles. The molecule has 186 valence electrons. The molecule has 1 aliphatic heterocycles. The van der Waals surface area contributed by atoms with E-state index in [1.54, 1.807) is 18.2 Å². The fourth-order valence-electron chi connectivity index (χ4n) is 4.32. The van der Waals surface area contributed by atoms with E-state index in [2.05, 4.69) is 73.8 Å². The molecule has 37 heavy (non-hydrogen) atoms. The van der Waals surface area contributed by atoms with Gasteiger partial charge in [0.1, 0.15) is 17.3 Å². The van der Waals surface area contributed by atoms with E-state index in [-0.39, 0.29) is 5.82 Å². The summed E-state index contributed by atoms with van der Waals surface area (Å²) in [5.74, 6) is 1.04. The molecule has 5 rings (SSSR count). The van der Waals surface area contributed by atoms with Gasteiger partial charge in [0.2, 0.25) is 0 Å². The van der Waals surface area contributed by atoms with E-state index >= 15 is 0 Å². The minimum absolute atomic E-state index is 0.257. The summed E-state index contributed by atoms with van der Waals surface area (Å²) in [7, 11) is 0. The number of hydrogen-bond donors (Lipinski definition) is 0. The lowest BCUT2D eigenvalue weighted by Gasteiger charge is -2.21. The van der Waals surface area contributed by atoms with E-state index < -0.39 is 0 Å². The number of allylic oxidation sites excluding steroid dienone is 1. The number of aromatic nitrogens is 2. The van der Waals surface area contributed by atoms with Crippen LogP contribution in [0.2, 0.25) is 0 Å². The highest BCUT2D eigenvalue weighted by Gasteiger charge is 2.25. The predicted molar refractivity (Wildman–Crippen MR) is 153 cm³/mol. The first-order chi connectivity index (χ1) is 18.0. The van der Waals surface area contributed by atoms with E-state index in [1.807, 2.05) is 12.1 Å². The first-order valence-corrected chi connectivity index (χ1v) is 12.5. The number of fused-ring (bicyclic) bond motifs is 2. The van der Waals surface area contributed by atoms with Gasteiger partial charge in [-0.25, -0.2) is 19.4 Å². The normalized spacial score (nSPS) is 12.4. The Morgan fingerprint density at radius 1 is 1.05 bits per heavy atom. The summed E-state index contributed by atoms with van der Waals surface area (Å²) in [6.07, 6.45) is 5.31. The Labute approximate surface area is 218 Å². The second-order valence-corrected chi connectivity index (χ2v) is 8.90. The highest BCUT2D eigenvalue weighted by Crippen LogP contribution is 2.38. The van der Waals surface area contributed by atoms with Crippen molar-refractivity contribution in [2.45, 2.75) is 33.6 Å². The molecule has 1 aliphatic rings. The van der Waals surface area contributed by atoms with Crippen molar-refractivity contribution in [3.8, 4) is 11.1 Å². The van der Waals surface area contributed by atoms with Crippen molar-refractivity contribution < 1.29 is 4.39 Å². The number of halogens is 1. The van der Waals surface area contributed by atoms with E-state index in [1.165, 1.54) is 35.9 Å². The average Bonchev–Trinajstić information content (AvgIpc) is 3.32. The lowest BCUT2D eigenvalue weighted by atomic mass is 10.0. The van der Waals surface area contributed by atoms with Crippen molar-refractivity contribution in [3.05, 3.63) is 115 Å². The molecule has 0 N–H and O–H groups in total. The molecule has 0 bridgehead atoms. The van der Waals surface area contributed by atoms with Gasteiger partial charge in [0.05, 0.1) is 11.7 Å². The summed E-state index contributed by atoms with van der Waals surface area (Å²) in [5, 5.41) is 0.918. The molecule has 4 aromatic rings. The van der Waals surface area contributed by atoms with E-state index in [4.69, 9.17) is 9.97 Å². The Balaban J connectivity index is 0.00000102. The fourth-order valence-corrected chi connectivity index (χ4v) is 4.32. The molecule has 0 amide bonds. The summed E-state index contributed by atoms with van der Waals surface area (Å²) in [6.45, 7) is 14.6. The van der Waals surface area contributed by atoms with Crippen LogP contribution in [0.3, 0.4) is 0 Å². The SMILES string of the molecule is C=C=CN=C(C=C)c1nc(N2CCc3cc(C)ccc32)c2cc(-c3ccc(F)cc3)ccc2n1.CCC. The van der Waals surface area contributed by atoms with Crippen LogP contribution >= 0.6 is 0 Å². The van der Waals surface area contributed by atoms with Crippen LogP contribution in [-0.2, 0) is 6.42 Å². The Morgan fingerprint density at radius 3 is 2.49 bits per heavy atom. The summed E-state index contributed by atoms with van der Waals surface area (Å²) in [5.41, 5.74) is 9.59. The van der Waals surface area contributed by atoms with Gasteiger partial charge >= 0.3 is 0 Å². The predicted octanol–water partition coefficient (Wildman–Crippen LogP) is 8.13. The van der Waals surface area contributed by atoms with Gasteiger partial charge in [-0.15, -0.1) is 5.73 Å². The van der Waals surface area contributed by atoms with Crippen LogP contribution in [0.25, 0.3) is 22.0 Å². The van der Waals surface area contributed by atoms with Gasteiger partial charge < -0.3 is 4.90 Å². The van der Waals surface area contributed by atoms with E-state index in [0.29, 0.717) is 11.5 Å². The lowest BCUT2D eigenvalue weighted by molar-refractivity contribution is 0.628. The molecule has 0 aliphatic carbocycles. The molecule has 4 nitrogen and oxygen atoms in total. The average molecular weight is 491 g/mol. The Morgan fingerprint density at radius 2 is 1.78 bits per heavy atom. The highest BCUT2D eigenvalue weighted by atomic mass is 19.1. The Hall–Kier alpha value is -4.34. The molecule has 5 heteroatoms. The van der Waals surface area contributed by atoms with Crippen LogP contribution in [0.5, 0.6) is 0 Å². The zero-order valence-electron chi connectivity index (χ0n) is 21.6. The molecule has 2 heterocycles. The molecule has 0 radical (unpaired) electrons. The number of anilines is 2. The molecule has 0 unspecified atom stereocenters. The molecule has 0 fully saturated rings. The molecule has 0 saturated carbocycles. The monoisotopic (exact) mass is 490 g/mol. The van der Waals surface area contributed by atoms with Crippen LogP contribution in [0.1, 0.15) is 37.2 Å². The Bertz CT molecular complexity index is 1510. The van der Waals surface area contributed by atoms with Crippen LogP contribution in [0.4, 0.5) is 15.9 Å². The molecular weight excluding hydrogens is 459 g/mol. The summed E-state index contributed by atoms with van der Waals surface area (Å²) in [6, 6.07) is 19.0. The lowest BCUT2D eigenvalue weighted by Crippen LogP contribution is -2.18. The Kier molecular flexibility index (Phi) is 8.07. The van der Waals surface area contributed by atoms with Crippen LogP contribution in [0.15, 0.2) is 96.8 Å². The number of benzene rings is 3. The van der Waals surface area contributed by atoms with Gasteiger partial charge in [-0.3, -0.25) is 0 Å². The third-order valence-corrected chi connectivity index (χ3v) is 5.96. The van der Waals surface area contributed by atoms with Crippen molar-refractivity contribution in [2.75, 3.05) is 11.4 Å². The van der Waals surface area contributed by atoms with Crippen molar-refractivity contribution in [1.29, 1.82) is 0 Å². The summed E-state index contributed by atoms with van der Waals surface area (Å²) >= 11 is 0. The first kappa shape index (κ1) is 25.7. The van der Waals surface area contributed by atoms with Gasteiger partial charge in [0.15, 0.2) is 5.82 Å². The maximum absolute atomic E-state index is 13.5. The third-order valence-electron chi connectivity index (χ3n) is 5.96. The smallest absolute Gasteiger partial charge is 0.180 e. The van der Waals surface area contributed by atoms with Crippen LogP contribution in [0, 0.1) is 12.7 Å². The second kappa shape index (κ2) is 11.6. The van der Waals surface area contributed by atoms with Crippen molar-refractivity contribution >= 4 is 28.1 Å². The summed E-state index contributed by atoms with van der Waals surface area (Å²) in [4.78, 5) is 16.3. The zero-order chi connectivity index (χ0) is 26.4. The maximum atomic E-state index is 13.5. The van der Waals surface area contributed by atoms with E-state index in [9.17, 15) is 4.39 Å². The topological polar surface area (TPSA) is 41.4 Å². The van der Waals surface area contributed by atoms with Crippen molar-refractivity contribution in [1.82, 2.24) is 9.97 Å². The largest absolute Gasteiger partial charge is 0.325 e. The minimum Gasteiger partial charge on any atom is -0.325 e. The molecule has 1 aromatic heterocycles. The quantitative estimate of drug-likeness (QED) is 0.209. The van der Waals surface area contributed by atoms with Gasteiger partial charge in [0.25, 0.3) is 0 Å². The number of nitrogens with zero attached hydrogens (tertiary/aromatic N) is 4. The van der Waals surface area contributed by atoms with Crippen molar-refractivity contribution in [2.24, 2.45) is 4.99 Å². The van der Waals surface area contributed by atoms with Crippen LogP contribution in [-0.4, -0.2) is 22.2 Å². The second-order valence-electron chi connectivity index (χ2n) is 8.90. The number of aliphatic imine (C=N–C) groups is 1. The fraction of sp³-hybridized carbons (Fsp3) is 0.188. The molecular formula is C32H31FN4.